The minimum Gasteiger partial charge on any atom is -0.341 e. The normalized spacial score (nSPS) is 14.8. The van der Waals surface area contributed by atoms with E-state index in [0.29, 0.717) is 0 Å². The molecule has 1 aromatic heterocycles. The van der Waals surface area contributed by atoms with Crippen LogP contribution in [0.5, 0.6) is 0 Å². The van der Waals surface area contributed by atoms with Gasteiger partial charge in [0.25, 0.3) is 0 Å². The molecule has 0 amide bonds. The monoisotopic (exact) mass is 277 g/mol. The maximum absolute atomic E-state index is 4.51. The molecule has 1 aromatic rings. The molecule has 1 heterocycles. The van der Waals surface area contributed by atoms with Crippen LogP contribution in [0, 0.1) is 0 Å². The van der Waals surface area contributed by atoms with Crippen LogP contribution in [-0.4, -0.2) is 54.6 Å². The molecule has 0 unspecified atom stereocenters. The molecule has 0 bridgehead atoms. The Labute approximate surface area is 122 Å². The lowest BCUT2D eigenvalue weighted by atomic mass is 10.3. The SMILES string of the molecule is CCN(CCCN(C)C)c1ncc(CNC2CC2)cn1. The van der Waals surface area contributed by atoms with Crippen molar-refractivity contribution in [3.05, 3.63) is 18.0 Å². The van der Waals surface area contributed by atoms with Gasteiger partial charge in [-0.25, -0.2) is 9.97 Å². The fourth-order valence-electron chi connectivity index (χ4n) is 2.13. The van der Waals surface area contributed by atoms with Crippen LogP contribution >= 0.6 is 0 Å². The average Bonchev–Trinajstić information content (AvgIpc) is 3.26. The number of hydrogen-bond acceptors (Lipinski definition) is 5. The number of hydrogen-bond donors (Lipinski definition) is 1. The van der Waals surface area contributed by atoms with Crippen LogP contribution in [0.1, 0.15) is 31.7 Å². The molecule has 1 saturated carbocycles. The summed E-state index contributed by atoms with van der Waals surface area (Å²) in [7, 11) is 4.21. The zero-order valence-corrected chi connectivity index (χ0v) is 13.0. The molecule has 0 aromatic carbocycles. The first-order chi connectivity index (χ1) is 9.69. The fraction of sp³-hybridized carbons (Fsp3) is 0.733. The van der Waals surface area contributed by atoms with Crippen molar-refractivity contribution in [3.63, 3.8) is 0 Å². The Morgan fingerprint density at radius 1 is 1.20 bits per heavy atom. The summed E-state index contributed by atoms with van der Waals surface area (Å²) in [5, 5.41) is 3.48. The van der Waals surface area contributed by atoms with Gasteiger partial charge < -0.3 is 15.1 Å². The van der Waals surface area contributed by atoms with Crippen molar-refractivity contribution < 1.29 is 0 Å². The molecular weight excluding hydrogens is 250 g/mol. The Kier molecular flexibility index (Phi) is 5.73. The van der Waals surface area contributed by atoms with Crippen LogP contribution in [0.15, 0.2) is 12.4 Å². The topological polar surface area (TPSA) is 44.3 Å². The van der Waals surface area contributed by atoms with E-state index in [9.17, 15) is 0 Å². The molecule has 2 rings (SSSR count). The molecule has 1 aliphatic rings. The van der Waals surface area contributed by atoms with Crippen molar-refractivity contribution in [1.82, 2.24) is 20.2 Å². The van der Waals surface area contributed by atoms with Gasteiger partial charge in [-0.1, -0.05) is 0 Å². The Hall–Kier alpha value is -1.20. The number of rotatable bonds is 9. The van der Waals surface area contributed by atoms with Crippen LogP contribution in [-0.2, 0) is 6.54 Å². The van der Waals surface area contributed by atoms with Crippen molar-refractivity contribution >= 4 is 5.95 Å². The third-order valence-electron chi connectivity index (χ3n) is 3.56. The van der Waals surface area contributed by atoms with E-state index in [1.165, 1.54) is 18.4 Å². The summed E-state index contributed by atoms with van der Waals surface area (Å²) >= 11 is 0. The van der Waals surface area contributed by atoms with E-state index in [1.54, 1.807) is 0 Å². The van der Waals surface area contributed by atoms with Crippen molar-refractivity contribution in [2.75, 3.05) is 38.6 Å². The molecule has 5 nitrogen and oxygen atoms in total. The summed E-state index contributed by atoms with van der Waals surface area (Å²) in [6, 6.07) is 0.729. The Balaban J connectivity index is 1.81. The van der Waals surface area contributed by atoms with Gasteiger partial charge in [-0.15, -0.1) is 0 Å². The third-order valence-corrected chi connectivity index (χ3v) is 3.56. The summed E-state index contributed by atoms with van der Waals surface area (Å²) in [5.41, 5.74) is 1.17. The molecule has 0 saturated heterocycles. The highest BCUT2D eigenvalue weighted by atomic mass is 15.2. The molecule has 1 aliphatic carbocycles. The number of anilines is 1. The van der Waals surface area contributed by atoms with E-state index in [-0.39, 0.29) is 0 Å². The third kappa shape index (κ3) is 5.06. The summed E-state index contributed by atoms with van der Waals surface area (Å²) in [6.45, 7) is 6.10. The van der Waals surface area contributed by atoms with Crippen LogP contribution in [0.3, 0.4) is 0 Å². The molecule has 0 atom stereocenters. The Morgan fingerprint density at radius 3 is 2.45 bits per heavy atom. The van der Waals surface area contributed by atoms with Crippen molar-refractivity contribution in [3.8, 4) is 0 Å². The molecule has 112 valence electrons. The van der Waals surface area contributed by atoms with Crippen LogP contribution < -0.4 is 10.2 Å². The van der Waals surface area contributed by atoms with Crippen LogP contribution in [0.25, 0.3) is 0 Å². The summed E-state index contributed by atoms with van der Waals surface area (Å²) in [4.78, 5) is 13.5. The summed E-state index contributed by atoms with van der Waals surface area (Å²) < 4.78 is 0. The highest BCUT2D eigenvalue weighted by Gasteiger charge is 2.20. The van der Waals surface area contributed by atoms with Gasteiger partial charge in [0.2, 0.25) is 5.95 Å². The van der Waals surface area contributed by atoms with Crippen LogP contribution in [0.2, 0.25) is 0 Å². The largest absolute Gasteiger partial charge is 0.341 e. The molecule has 0 spiro atoms. The maximum Gasteiger partial charge on any atom is 0.225 e. The molecule has 1 N–H and O–H groups in total. The number of nitrogens with one attached hydrogen (secondary N) is 1. The second-order valence-corrected chi connectivity index (χ2v) is 5.78. The average molecular weight is 277 g/mol. The lowest BCUT2D eigenvalue weighted by Gasteiger charge is -2.21. The molecule has 5 heteroatoms. The van der Waals surface area contributed by atoms with Gasteiger partial charge in [-0.05, 0) is 46.8 Å². The summed E-state index contributed by atoms with van der Waals surface area (Å²) in [6.07, 6.45) is 7.66. The molecule has 20 heavy (non-hydrogen) atoms. The van der Waals surface area contributed by atoms with E-state index in [0.717, 1.165) is 44.6 Å². The predicted octanol–water partition coefficient (Wildman–Crippen LogP) is 1.51. The highest BCUT2D eigenvalue weighted by Crippen LogP contribution is 2.19. The first-order valence-corrected chi connectivity index (χ1v) is 7.63. The standard InChI is InChI=1S/C15H27N5/c1-4-20(9-5-8-19(2)3)15-17-11-13(12-18-15)10-16-14-6-7-14/h11-12,14,16H,4-10H2,1-3H3. The highest BCUT2D eigenvalue weighted by molar-refractivity contribution is 5.29. The molecule has 1 fully saturated rings. The number of aromatic nitrogens is 2. The first kappa shape index (κ1) is 15.2. The molecule has 0 aliphatic heterocycles. The van der Waals surface area contributed by atoms with Crippen molar-refractivity contribution in [2.45, 2.75) is 38.8 Å². The van der Waals surface area contributed by atoms with E-state index >= 15 is 0 Å². The zero-order valence-electron chi connectivity index (χ0n) is 13.0. The predicted molar refractivity (Wildman–Crippen MR) is 83.0 cm³/mol. The lowest BCUT2D eigenvalue weighted by molar-refractivity contribution is 0.400. The van der Waals surface area contributed by atoms with Crippen molar-refractivity contribution in [1.29, 1.82) is 0 Å². The quantitative estimate of drug-likeness (QED) is 0.741. The fourth-order valence-corrected chi connectivity index (χ4v) is 2.13. The van der Waals surface area contributed by atoms with E-state index in [4.69, 9.17) is 0 Å². The van der Waals surface area contributed by atoms with Gasteiger partial charge in [0, 0.05) is 43.6 Å². The molecular formula is C15H27N5. The van der Waals surface area contributed by atoms with Crippen LogP contribution in [0.4, 0.5) is 5.95 Å². The number of nitrogens with zero attached hydrogens (tertiary/aromatic N) is 4. The van der Waals surface area contributed by atoms with Gasteiger partial charge in [0.15, 0.2) is 0 Å². The minimum absolute atomic E-state index is 0.729. The van der Waals surface area contributed by atoms with Crippen molar-refractivity contribution in [2.24, 2.45) is 0 Å². The second kappa shape index (κ2) is 7.55. The van der Waals surface area contributed by atoms with E-state index in [2.05, 4.69) is 46.1 Å². The second-order valence-electron chi connectivity index (χ2n) is 5.78. The van der Waals surface area contributed by atoms with Gasteiger partial charge in [-0.2, -0.15) is 0 Å². The van der Waals surface area contributed by atoms with Gasteiger partial charge in [-0.3, -0.25) is 0 Å². The maximum atomic E-state index is 4.51. The smallest absolute Gasteiger partial charge is 0.225 e. The van der Waals surface area contributed by atoms with Gasteiger partial charge in [0.05, 0.1) is 0 Å². The molecule has 0 radical (unpaired) electrons. The lowest BCUT2D eigenvalue weighted by Crippen LogP contribution is -2.28. The van der Waals surface area contributed by atoms with E-state index < -0.39 is 0 Å². The Bertz CT molecular complexity index is 386. The first-order valence-electron chi connectivity index (χ1n) is 7.63. The van der Waals surface area contributed by atoms with Gasteiger partial charge in [0.1, 0.15) is 0 Å². The van der Waals surface area contributed by atoms with Gasteiger partial charge >= 0.3 is 0 Å². The van der Waals surface area contributed by atoms with E-state index in [1.807, 2.05) is 12.4 Å². The zero-order chi connectivity index (χ0) is 14.4. The summed E-state index contributed by atoms with van der Waals surface area (Å²) in [5.74, 6) is 0.849. The minimum atomic E-state index is 0.729. The Morgan fingerprint density at radius 2 is 1.90 bits per heavy atom.